The summed E-state index contributed by atoms with van der Waals surface area (Å²) in [7, 11) is 0. The molecule has 21 heavy (non-hydrogen) atoms. The molecular formula is C17H19N3O. The molecule has 1 aliphatic heterocycles. The molecule has 2 heterocycles. The number of anilines is 1. The predicted molar refractivity (Wildman–Crippen MR) is 83.5 cm³/mol. The van der Waals surface area contributed by atoms with Crippen molar-refractivity contribution >= 4 is 11.6 Å². The van der Waals surface area contributed by atoms with Crippen LogP contribution in [0.5, 0.6) is 0 Å². The van der Waals surface area contributed by atoms with Gasteiger partial charge in [-0.2, -0.15) is 0 Å². The SMILES string of the molecule is Cc1ccc(C(=O)N2CCN(c3ccncc3)CC2)cc1. The van der Waals surface area contributed by atoms with Crippen LogP contribution in [0.1, 0.15) is 15.9 Å². The van der Waals surface area contributed by atoms with Crippen LogP contribution in [0.25, 0.3) is 0 Å². The van der Waals surface area contributed by atoms with Crippen LogP contribution >= 0.6 is 0 Å². The van der Waals surface area contributed by atoms with Crippen molar-refractivity contribution in [2.45, 2.75) is 6.92 Å². The van der Waals surface area contributed by atoms with Crippen LogP contribution in [0.3, 0.4) is 0 Å². The molecular weight excluding hydrogens is 262 g/mol. The fourth-order valence-electron chi connectivity index (χ4n) is 2.60. The van der Waals surface area contributed by atoms with Gasteiger partial charge in [-0.25, -0.2) is 0 Å². The zero-order valence-electron chi connectivity index (χ0n) is 12.2. The van der Waals surface area contributed by atoms with E-state index in [1.54, 1.807) is 12.4 Å². The molecule has 0 saturated carbocycles. The molecule has 0 N–H and O–H groups in total. The third kappa shape index (κ3) is 3.05. The highest BCUT2D eigenvalue weighted by atomic mass is 16.2. The highest BCUT2D eigenvalue weighted by Gasteiger charge is 2.22. The molecule has 1 saturated heterocycles. The molecule has 2 aromatic rings. The summed E-state index contributed by atoms with van der Waals surface area (Å²) in [5, 5.41) is 0. The Hall–Kier alpha value is -2.36. The van der Waals surface area contributed by atoms with Gasteiger partial charge in [0, 0.05) is 49.8 Å². The maximum absolute atomic E-state index is 12.5. The minimum Gasteiger partial charge on any atom is -0.368 e. The number of hydrogen-bond acceptors (Lipinski definition) is 3. The number of hydrogen-bond donors (Lipinski definition) is 0. The summed E-state index contributed by atoms with van der Waals surface area (Å²) in [4.78, 5) is 20.7. The Morgan fingerprint density at radius 1 is 0.952 bits per heavy atom. The zero-order valence-corrected chi connectivity index (χ0v) is 12.2. The molecule has 4 heteroatoms. The molecule has 0 atom stereocenters. The zero-order chi connectivity index (χ0) is 14.7. The first-order chi connectivity index (χ1) is 10.2. The summed E-state index contributed by atoms with van der Waals surface area (Å²) in [5.41, 5.74) is 3.12. The molecule has 0 aliphatic carbocycles. The number of pyridine rings is 1. The lowest BCUT2D eigenvalue weighted by atomic mass is 10.1. The first kappa shape index (κ1) is 13.6. The minimum absolute atomic E-state index is 0.129. The number of rotatable bonds is 2. The van der Waals surface area contributed by atoms with Crippen molar-refractivity contribution < 1.29 is 4.79 Å². The number of aryl methyl sites for hydroxylation is 1. The Morgan fingerprint density at radius 2 is 1.57 bits per heavy atom. The molecule has 1 aromatic heterocycles. The first-order valence-corrected chi connectivity index (χ1v) is 7.25. The first-order valence-electron chi connectivity index (χ1n) is 7.25. The van der Waals surface area contributed by atoms with Crippen LogP contribution in [0, 0.1) is 6.92 Å². The summed E-state index contributed by atoms with van der Waals surface area (Å²) in [6.45, 7) is 5.27. The Bertz CT molecular complexity index is 602. The Labute approximate surface area is 125 Å². The van der Waals surface area contributed by atoms with Gasteiger partial charge in [-0.3, -0.25) is 9.78 Å². The van der Waals surface area contributed by atoms with E-state index in [0.717, 1.165) is 31.7 Å². The van der Waals surface area contributed by atoms with E-state index in [2.05, 4.69) is 9.88 Å². The van der Waals surface area contributed by atoms with E-state index < -0.39 is 0 Å². The van der Waals surface area contributed by atoms with E-state index in [-0.39, 0.29) is 5.91 Å². The molecule has 3 rings (SSSR count). The average Bonchev–Trinajstić information content (AvgIpc) is 2.56. The van der Waals surface area contributed by atoms with Crippen LogP contribution in [-0.4, -0.2) is 42.0 Å². The van der Waals surface area contributed by atoms with Crippen LogP contribution in [0.2, 0.25) is 0 Å². The lowest BCUT2D eigenvalue weighted by Gasteiger charge is -2.36. The molecule has 0 unspecified atom stereocenters. The molecule has 0 spiro atoms. The Kier molecular flexibility index (Phi) is 3.86. The van der Waals surface area contributed by atoms with Gasteiger partial charge in [-0.15, -0.1) is 0 Å². The number of carbonyl (C=O) groups is 1. The Morgan fingerprint density at radius 3 is 2.19 bits per heavy atom. The van der Waals surface area contributed by atoms with Crippen molar-refractivity contribution in [3.05, 3.63) is 59.9 Å². The second kappa shape index (κ2) is 5.95. The number of carbonyl (C=O) groups excluding carboxylic acids is 1. The monoisotopic (exact) mass is 281 g/mol. The van der Waals surface area contributed by atoms with Gasteiger partial charge in [-0.1, -0.05) is 17.7 Å². The van der Waals surface area contributed by atoms with Crippen LogP contribution in [-0.2, 0) is 0 Å². The lowest BCUT2D eigenvalue weighted by molar-refractivity contribution is 0.0747. The van der Waals surface area contributed by atoms with Crippen molar-refractivity contribution in [1.29, 1.82) is 0 Å². The maximum Gasteiger partial charge on any atom is 0.253 e. The Balaban J connectivity index is 1.63. The molecule has 0 bridgehead atoms. The van der Waals surface area contributed by atoms with Gasteiger partial charge in [0.05, 0.1) is 0 Å². The second-order valence-corrected chi connectivity index (χ2v) is 5.35. The van der Waals surface area contributed by atoms with Gasteiger partial charge in [-0.05, 0) is 31.2 Å². The summed E-state index contributed by atoms with van der Waals surface area (Å²) in [5.74, 6) is 0.129. The third-order valence-corrected chi connectivity index (χ3v) is 3.89. The van der Waals surface area contributed by atoms with Gasteiger partial charge in [0.25, 0.3) is 5.91 Å². The molecule has 4 nitrogen and oxygen atoms in total. The average molecular weight is 281 g/mol. The van der Waals surface area contributed by atoms with Gasteiger partial charge in [0.15, 0.2) is 0 Å². The smallest absolute Gasteiger partial charge is 0.253 e. The van der Waals surface area contributed by atoms with Gasteiger partial charge in [0.2, 0.25) is 0 Å². The largest absolute Gasteiger partial charge is 0.368 e. The highest BCUT2D eigenvalue weighted by Crippen LogP contribution is 2.16. The van der Waals surface area contributed by atoms with E-state index in [9.17, 15) is 4.79 Å². The van der Waals surface area contributed by atoms with Crippen molar-refractivity contribution in [1.82, 2.24) is 9.88 Å². The van der Waals surface area contributed by atoms with Gasteiger partial charge < -0.3 is 9.80 Å². The van der Waals surface area contributed by atoms with Crippen LogP contribution in [0.15, 0.2) is 48.8 Å². The number of aromatic nitrogens is 1. The lowest BCUT2D eigenvalue weighted by Crippen LogP contribution is -2.48. The van der Waals surface area contributed by atoms with Gasteiger partial charge in [0.1, 0.15) is 0 Å². The molecule has 1 fully saturated rings. The summed E-state index contributed by atoms with van der Waals surface area (Å²) in [6, 6.07) is 11.8. The topological polar surface area (TPSA) is 36.4 Å². The predicted octanol–water partition coefficient (Wildman–Crippen LogP) is 2.35. The normalized spacial score (nSPS) is 15.1. The summed E-state index contributed by atoms with van der Waals surface area (Å²) < 4.78 is 0. The van der Waals surface area contributed by atoms with Crippen LogP contribution in [0.4, 0.5) is 5.69 Å². The number of benzene rings is 1. The minimum atomic E-state index is 0.129. The standard InChI is InChI=1S/C17H19N3O/c1-14-2-4-15(5-3-14)17(21)20-12-10-19(11-13-20)16-6-8-18-9-7-16/h2-9H,10-13H2,1H3. The van der Waals surface area contributed by atoms with Crippen molar-refractivity contribution in [3.63, 3.8) is 0 Å². The van der Waals surface area contributed by atoms with Gasteiger partial charge >= 0.3 is 0 Å². The number of nitrogens with zero attached hydrogens (tertiary/aromatic N) is 3. The van der Waals surface area contributed by atoms with E-state index >= 15 is 0 Å². The number of piperazine rings is 1. The molecule has 1 aliphatic rings. The molecule has 108 valence electrons. The summed E-state index contributed by atoms with van der Waals surface area (Å²) in [6.07, 6.45) is 3.61. The van der Waals surface area contributed by atoms with E-state index in [1.165, 1.54) is 11.3 Å². The molecule has 1 amide bonds. The van der Waals surface area contributed by atoms with Crippen molar-refractivity contribution in [2.24, 2.45) is 0 Å². The fraction of sp³-hybridized carbons (Fsp3) is 0.294. The fourth-order valence-corrected chi connectivity index (χ4v) is 2.60. The van der Waals surface area contributed by atoms with E-state index in [4.69, 9.17) is 0 Å². The highest BCUT2D eigenvalue weighted by molar-refractivity contribution is 5.94. The van der Waals surface area contributed by atoms with E-state index in [1.807, 2.05) is 48.2 Å². The number of amides is 1. The van der Waals surface area contributed by atoms with Crippen molar-refractivity contribution in [3.8, 4) is 0 Å². The molecule has 0 radical (unpaired) electrons. The quantitative estimate of drug-likeness (QED) is 0.848. The third-order valence-electron chi connectivity index (χ3n) is 3.89. The van der Waals surface area contributed by atoms with Crippen LogP contribution < -0.4 is 4.90 Å². The maximum atomic E-state index is 12.5. The molecule has 1 aromatic carbocycles. The van der Waals surface area contributed by atoms with Crippen molar-refractivity contribution in [2.75, 3.05) is 31.1 Å². The van der Waals surface area contributed by atoms with E-state index in [0.29, 0.717) is 0 Å². The second-order valence-electron chi connectivity index (χ2n) is 5.35. The summed E-state index contributed by atoms with van der Waals surface area (Å²) >= 11 is 0.